The van der Waals surface area contributed by atoms with E-state index in [0.29, 0.717) is 5.52 Å². The summed E-state index contributed by atoms with van der Waals surface area (Å²) in [7, 11) is 0. The summed E-state index contributed by atoms with van der Waals surface area (Å²) in [5, 5.41) is 9.06. The van der Waals surface area contributed by atoms with E-state index in [2.05, 4.69) is 0 Å². The van der Waals surface area contributed by atoms with Gasteiger partial charge >= 0.3 is 0 Å². The molecule has 0 aliphatic heterocycles. The predicted molar refractivity (Wildman–Crippen MR) is 83.4 cm³/mol. The number of benzene rings is 2. The van der Waals surface area contributed by atoms with Gasteiger partial charge in [-0.3, -0.25) is 4.79 Å². The van der Waals surface area contributed by atoms with Crippen LogP contribution in [0.5, 0.6) is 0 Å². The van der Waals surface area contributed by atoms with Crippen molar-refractivity contribution in [1.82, 2.24) is 4.57 Å². The summed E-state index contributed by atoms with van der Waals surface area (Å²) in [6.45, 7) is 0.285. The highest BCUT2D eigenvalue weighted by molar-refractivity contribution is 6.31. The highest BCUT2D eigenvalue weighted by Crippen LogP contribution is 2.22. The fourth-order valence-electron chi connectivity index (χ4n) is 2.38. The molecule has 0 fully saturated rings. The van der Waals surface area contributed by atoms with Crippen LogP contribution in [0.4, 0.5) is 8.78 Å². The molecule has 114 valence electrons. The van der Waals surface area contributed by atoms with Crippen molar-refractivity contribution in [2.75, 3.05) is 0 Å². The van der Waals surface area contributed by atoms with Gasteiger partial charge in [-0.25, -0.2) is 8.78 Å². The maximum atomic E-state index is 13.7. The van der Waals surface area contributed by atoms with Crippen molar-refractivity contribution in [3.05, 3.63) is 80.6 Å². The van der Waals surface area contributed by atoms with Crippen LogP contribution in [0.2, 0.25) is 5.02 Å². The summed E-state index contributed by atoms with van der Waals surface area (Å²) in [5.41, 5.74) is 0.528. The smallest absolute Gasteiger partial charge is 0.207 e. The molecule has 2 aromatic carbocycles. The molecule has 0 atom stereocenters. The summed E-state index contributed by atoms with van der Waals surface area (Å²) in [6, 6.07) is 10.0. The standard InChI is InChI=1S/C17H9ClF2N2O/c18-14-6-16-13(5-15(14)20)17(23)11(7-21)9-22(16)8-10-1-3-12(19)4-2-10/h1-6,9H,8H2. The third kappa shape index (κ3) is 2.81. The van der Waals surface area contributed by atoms with E-state index in [0.717, 1.165) is 11.6 Å². The van der Waals surface area contributed by atoms with Gasteiger partial charge in [-0.2, -0.15) is 5.26 Å². The Morgan fingerprint density at radius 3 is 2.52 bits per heavy atom. The Bertz CT molecular complexity index is 1000. The summed E-state index contributed by atoms with van der Waals surface area (Å²) < 4.78 is 28.3. The number of pyridine rings is 1. The van der Waals surface area contributed by atoms with E-state index >= 15 is 0 Å². The molecule has 0 aliphatic carbocycles. The molecule has 0 radical (unpaired) electrons. The van der Waals surface area contributed by atoms with Gasteiger partial charge in [0.15, 0.2) is 0 Å². The number of nitrogens with zero attached hydrogens (tertiary/aromatic N) is 2. The molecule has 23 heavy (non-hydrogen) atoms. The first-order valence-corrected chi connectivity index (χ1v) is 7.04. The molecule has 0 saturated carbocycles. The number of halogens is 3. The van der Waals surface area contributed by atoms with E-state index < -0.39 is 11.2 Å². The van der Waals surface area contributed by atoms with Crippen molar-refractivity contribution < 1.29 is 8.78 Å². The minimum atomic E-state index is -0.723. The second-order valence-corrected chi connectivity index (χ2v) is 5.43. The Balaban J connectivity index is 2.25. The number of nitriles is 1. The summed E-state index contributed by atoms with van der Waals surface area (Å²) in [6.07, 6.45) is 1.39. The fourth-order valence-corrected chi connectivity index (χ4v) is 2.54. The van der Waals surface area contributed by atoms with Gasteiger partial charge in [0.2, 0.25) is 5.43 Å². The lowest BCUT2D eigenvalue weighted by Gasteiger charge is -2.12. The summed E-state index contributed by atoms with van der Waals surface area (Å²) in [5.74, 6) is -1.08. The quantitative estimate of drug-likeness (QED) is 0.716. The van der Waals surface area contributed by atoms with Crippen LogP contribution in [-0.2, 0) is 6.54 Å². The van der Waals surface area contributed by atoms with Crippen molar-refractivity contribution in [1.29, 1.82) is 5.26 Å². The second kappa shape index (κ2) is 5.82. The molecule has 3 nitrogen and oxygen atoms in total. The maximum Gasteiger partial charge on any atom is 0.207 e. The lowest BCUT2D eigenvalue weighted by atomic mass is 10.1. The highest BCUT2D eigenvalue weighted by Gasteiger charge is 2.12. The van der Waals surface area contributed by atoms with Crippen LogP contribution in [0.1, 0.15) is 11.1 Å². The van der Waals surface area contributed by atoms with E-state index in [4.69, 9.17) is 16.9 Å². The molecule has 0 amide bonds. The normalized spacial score (nSPS) is 10.7. The van der Waals surface area contributed by atoms with Crippen molar-refractivity contribution in [2.45, 2.75) is 6.54 Å². The SMILES string of the molecule is N#Cc1cn(Cc2ccc(F)cc2)c2cc(Cl)c(F)cc2c1=O. The van der Waals surface area contributed by atoms with Gasteiger partial charge in [0.25, 0.3) is 0 Å². The van der Waals surface area contributed by atoms with Gasteiger partial charge in [0.1, 0.15) is 23.3 Å². The van der Waals surface area contributed by atoms with Crippen LogP contribution in [0, 0.1) is 23.0 Å². The van der Waals surface area contributed by atoms with Crippen LogP contribution in [0.25, 0.3) is 10.9 Å². The van der Waals surface area contributed by atoms with Gasteiger partial charge in [0.05, 0.1) is 15.9 Å². The van der Waals surface area contributed by atoms with Crippen LogP contribution in [0.3, 0.4) is 0 Å². The summed E-state index contributed by atoms with van der Waals surface area (Å²) >= 11 is 5.80. The predicted octanol–water partition coefficient (Wildman–Crippen LogP) is 3.85. The number of aromatic nitrogens is 1. The largest absolute Gasteiger partial charge is 0.341 e. The molecule has 0 N–H and O–H groups in total. The van der Waals surface area contributed by atoms with Crippen LogP contribution in [0.15, 0.2) is 47.4 Å². The Labute approximate surface area is 135 Å². The zero-order valence-corrected chi connectivity index (χ0v) is 12.4. The van der Waals surface area contributed by atoms with E-state index in [1.54, 1.807) is 16.7 Å². The van der Waals surface area contributed by atoms with Crippen molar-refractivity contribution in [3.63, 3.8) is 0 Å². The zero-order valence-electron chi connectivity index (χ0n) is 11.7. The van der Waals surface area contributed by atoms with Crippen molar-refractivity contribution in [2.24, 2.45) is 0 Å². The molecule has 0 saturated heterocycles. The minimum Gasteiger partial charge on any atom is -0.341 e. The fraction of sp³-hybridized carbons (Fsp3) is 0.0588. The van der Waals surface area contributed by atoms with Crippen molar-refractivity contribution >= 4 is 22.5 Å². The first kappa shape index (κ1) is 15.2. The molecule has 0 spiro atoms. The molecule has 1 aromatic heterocycles. The Hall–Kier alpha value is -2.71. The molecule has 0 bridgehead atoms. The van der Waals surface area contributed by atoms with Crippen LogP contribution >= 0.6 is 11.6 Å². The first-order chi connectivity index (χ1) is 11.0. The molecular weight excluding hydrogens is 322 g/mol. The Morgan fingerprint density at radius 2 is 1.87 bits per heavy atom. The zero-order chi connectivity index (χ0) is 16.6. The third-order valence-electron chi connectivity index (χ3n) is 3.51. The Kier molecular flexibility index (Phi) is 3.85. The van der Waals surface area contributed by atoms with Gasteiger partial charge in [0, 0.05) is 12.7 Å². The molecule has 3 rings (SSSR count). The number of rotatable bonds is 2. The molecule has 6 heteroatoms. The monoisotopic (exact) mass is 330 g/mol. The first-order valence-electron chi connectivity index (χ1n) is 6.66. The molecule has 1 heterocycles. The molecule has 0 aliphatic rings. The molecule has 3 aromatic rings. The Morgan fingerprint density at radius 1 is 1.17 bits per heavy atom. The van der Waals surface area contributed by atoms with Gasteiger partial charge < -0.3 is 4.57 Å². The number of fused-ring (bicyclic) bond motifs is 1. The average Bonchev–Trinajstić information content (AvgIpc) is 2.54. The molecular formula is C17H9ClF2N2O. The number of hydrogen-bond donors (Lipinski definition) is 0. The van der Waals surface area contributed by atoms with Gasteiger partial charge in [-0.1, -0.05) is 23.7 Å². The van der Waals surface area contributed by atoms with Gasteiger partial charge in [-0.05, 0) is 29.8 Å². The van der Waals surface area contributed by atoms with Crippen LogP contribution in [-0.4, -0.2) is 4.57 Å². The third-order valence-corrected chi connectivity index (χ3v) is 3.80. The van der Waals surface area contributed by atoms with E-state index in [9.17, 15) is 13.6 Å². The lowest BCUT2D eigenvalue weighted by molar-refractivity contribution is 0.626. The van der Waals surface area contributed by atoms with E-state index in [-0.39, 0.29) is 28.3 Å². The minimum absolute atomic E-state index is 0.0769. The van der Waals surface area contributed by atoms with E-state index in [1.165, 1.54) is 24.4 Å². The molecule has 0 unspecified atom stereocenters. The maximum absolute atomic E-state index is 13.7. The van der Waals surface area contributed by atoms with Gasteiger partial charge in [-0.15, -0.1) is 0 Å². The topological polar surface area (TPSA) is 45.8 Å². The summed E-state index contributed by atoms with van der Waals surface area (Å²) in [4.78, 5) is 12.2. The van der Waals surface area contributed by atoms with Crippen molar-refractivity contribution in [3.8, 4) is 6.07 Å². The number of hydrogen-bond acceptors (Lipinski definition) is 2. The highest BCUT2D eigenvalue weighted by atomic mass is 35.5. The second-order valence-electron chi connectivity index (χ2n) is 5.02. The van der Waals surface area contributed by atoms with E-state index in [1.807, 2.05) is 6.07 Å². The van der Waals surface area contributed by atoms with Crippen LogP contribution < -0.4 is 5.43 Å². The lowest BCUT2D eigenvalue weighted by Crippen LogP contribution is -2.14. The average molecular weight is 331 g/mol.